The fourth-order valence-corrected chi connectivity index (χ4v) is 1.99. The molecule has 0 saturated carbocycles. The van der Waals surface area contributed by atoms with Gasteiger partial charge in [-0.1, -0.05) is 23.2 Å². The van der Waals surface area contributed by atoms with E-state index in [-0.39, 0.29) is 33.7 Å². The standard InChI is InChI=1S/C9H10Cl2N2O4S/c1-18(16,17)3-2-12-8-4-6(10)7(11)5-9(8)13(14)15/h4-5,12H,2-3H2,1H3. The molecule has 0 fully saturated rings. The predicted molar refractivity (Wildman–Crippen MR) is 71.3 cm³/mol. The lowest BCUT2D eigenvalue weighted by Gasteiger charge is -2.07. The van der Waals surface area contributed by atoms with Crippen molar-refractivity contribution in [3.63, 3.8) is 0 Å². The van der Waals surface area contributed by atoms with Gasteiger partial charge in [-0.15, -0.1) is 0 Å². The highest BCUT2D eigenvalue weighted by Gasteiger charge is 2.17. The summed E-state index contributed by atoms with van der Waals surface area (Å²) in [7, 11) is -3.14. The summed E-state index contributed by atoms with van der Waals surface area (Å²) >= 11 is 11.4. The van der Waals surface area contributed by atoms with Crippen LogP contribution in [0.4, 0.5) is 11.4 Å². The quantitative estimate of drug-likeness (QED) is 0.666. The molecule has 18 heavy (non-hydrogen) atoms. The maximum Gasteiger partial charge on any atom is 0.293 e. The molecule has 1 aromatic carbocycles. The Morgan fingerprint density at radius 1 is 1.33 bits per heavy atom. The van der Waals surface area contributed by atoms with Gasteiger partial charge in [0.25, 0.3) is 5.69 Å². The second kappa shape index (κ2) is 5.73. The number of anilines is 1. The van der Waals surface area contributed by atoms with Gasteiger partial charge in [0.1, 0.15) is 15.5 Å². The zero-order valence-electron chi connectivity index (χ0n) is 9.31. The molecule has 0 atom stereocenters. The number of hydrogen-bond donors (Lipinski definition) is 1. The lowest BCUT2D eigenvalue weighted by Crippen LogP contribution is -2.14. The average Bonchev–Trinajstić information content (AvgIpc) is 2.20. The van der Waals surface area contributed by atoms with E-state index in [1.807, 2.05) is 0 Å². The lowest BCUT2D eigenvalue weighted by molar-refractivity contribution is -0.383. The minimum atomic E-state index is -3.14. The van der Waals surface area contributed by atoms with E-state index in [0.717, 1.165) is 12.3 Å². The van der Waals surface area contributed by atoms with Gasteiger partial charge in [-0.3, -0.25) is 10.1 Å². The van der Waals surface area contributed by atoms with Gasteiger partial charge in [-0.2, -0.15) is 0 Å². The van der Waals surface area contributed by atoms with E-state index in [4.69, 9.17) is 23.2 Å². The molecule has 0 unspecified atom stereocenters. The highest BCUT2D eigenvalue weighted by atomic mass is 35.5. The third kappa shape index (κ3) is 4.32. The van der Waals surface area contributed by atoms with E-state index in [1.165, 1.54) is 6.07 Å². The largest absolute Gasteiger partial charge is 0.378 e. The fourth-order valence-electron chi connectivity index (χ4n) is 1.20. The number of nitro benzene ring substituents is 1. The van der Waals surface area contributed by atoms with Gasteiger partial charge in [-0.05, 0) is 6.07 Å². The van der Waals surface area contributed by atoms with Crippen LogP contribution in [0.1, 0.15) is 0 Å². The Hall–Kier alpha value is -1.05. The molecule has 1 aromatic rings. The van der Waals surface area contributed by atoms with E-state index >= 15 is 0 Å². The van der Waals surface area contributed by atoms with Gasteiger partial charge in [0.05, 0.1) is 20.7 Å². The summed E-state index contributed by atoms with van der Waals surface area (Å²) in [5.74, 6) is -0.135. The highest BCUT2D eigenvalue weighted by molar-refractivity contribution is 7.90. The van der Waals surface area contributed by atoms with Crippen molar-refractivity contribution in [1.29, 1.82) is 0 Å². The smallest absolute Gasteiger partial charge is 0.293 e. The summed E-state index contributed by atoms with van der Waals surface area (Å²) in [5, 5.41) is 13.7. The monoisotopic (exact) mass is 312 g/mol. The van der Waals surface area contributed by atoms with Crippen LogP contribution in [0.5, 0.6) is 0 Å². The highest BCUT2D eigenvalue weighted by Crippen LogP contribution is 2.33. The van der Waals surface area contributed by atoms with Gasteiger partial charge in [-0.25, -0.2) is 8.42 Å². The first kappa shape index (κ1) is 15.0. The Bertz CT molecular complexity index is 574. The van der Waals surface area contributed by atoms with Gasteiger partial charge in [0.15, 0.2) is 0 Å². The number of hydrogen-bond acceptors (Lipinski definition) is 5. The van der Waals surface area contributed by atoms with Crippen molar-refractivity contribution in [2.45, 2.75) is 0 Å². The van der Waals surface area contributed by atoms with E-state index in [0.29, 0.717) is 0 Å². The summed E-state index contributed by atoms with van der Waals surface area (Å²) in [6, 6.07) is 2.41. The van der Waals surface area contributed by atoms with Crippen molar-refractivity contribution in [3.05, 3.63) is 32.3 Å². The molecule has 0 amide bonds. The molecule has 1 rings (SSSR count). The van der Waals surface area contributed by atoms with Crippen molar-refractivity contribution in [3.8, 4) is 0 Å². The average molecular weight is 313 g/mol. The van der Waals surface area contributed by atoms with Crippen LogP contribution < -0.4 is 5.32 Å². The summed E-state index contributed by atoms with van der Waals surface area (Å²) in [6.45, 7) is 0.0532. The number of nitrogens with zero attached hydrogens (tertiary/aromatic N) is 1. The van der Waals surface area contributed by atoms with Gasteiger partial charge in [0.2, 0.25) is 0 Å². The van der Waals surface area contributed by atoms with Crippen LogP contribution in [0.15, 0.2) is 12.1 Å². The van der Waals surface area contributed by atoms with E-state index in [1.54, 1.807) is 0 Å². The second-order valence-corrected chi connectivity index (χ2v) is 6.67. The Balaban J connectivity index is 2.94. The summed E-state index contributed by atoms with van der Waals surface area (Å²) in [4.78, 5) is 10.2. The number of rotatable bonds is 5. The maximum atomic E-state index is 10.9. The molecule has 0 heterocycles. The van der Waals surface area contributed by atoms with Crippen LogP contribution in [0, 0.1) is 10.1 Å². The van der Waals surface area contributed by atoms with Crippen LogP contribution in [-0.2, 0) is 9.84 Å². The zero-order valence-corrected chi connectivity index (χ0v) is 11.6. The summed E-state index contributed by atoms with van der Waals surface area (Å²) < 4.78 is 21.9. The molecule has 0 aliphatic heterocycles. The molecular weight excluding hydrogens is 303 g/mol. The van der Waals surface area contributed by atoms with Gasteiger partial charge >= 0.3 is 0 Å². The van der Waals surface area contributed by atoms with Crippen molar-refractivity contribution in [2.24, 2.45) is 0 Å². The van der Waals surface area contributed by atoms with Crippen molar-refractivity contribution < 1.29 is 13.3 Å². The van der Waals surface area contributed by atoms with Crippen LogP contribution in [0.2, 0.25) is 10.0 Å². The normalized spacial score (nSPS) is 11.3. The Morgan fingerprint density at radius 2 is 1.89 bits per heavy atom. The second-order valence-electron chi connectivity index (χ2n) is 3.60. The summed E-state index contributed by atoms with van der Waals surface area (Å²) in [6.07, 6.45) is 1.08. The number of benzene rings is 1. The third-order valence-corrected chi connectivity index (χ3v) is 3.69. The number of nitro groups is 1. The fraction of sp³-hybridized carbons (Fsp3) is 0.333. The third-order valence-electron chi connectivity index (χ3n) is 2.02. The molecule has 0 aromatic heterocycles. The van der Waals surface area contributed by atoms with Gasteiger partial charge < -0.3 is 5.32 Å². The van der Waals surface area contributed by atoms with E-state index < -0.39 is 14.8 Å². The van der Waals surface area contributed by atoms with Crippen LogP contribution in [0.25, 0.3) is 0 Å². The Labute approximate surface area is 114 Å². The molecular formula is C9H10Cl2N2O4S. The molecule has 0 spiro atoms. The first-order valence-corrected chi connectivity index (χ1v) is 7.57. The molecule has 0 radical (unpaired) electrons. The zero-order chi connectivity index (χ0) is 13.9. The minimum absolute atomic E-state index is 0.0532. The number of nitrogens with one attached hydrogen (secondary N) is 1. The summed E-state index contributed by atoms with van der Waals surface area (Å²) in [5.41, 5.74) is -0.115. The maximum absolute atomic E-state index is 10.9. The lowest BCUT2D eigenvalue weighted by atomic mass is 10.2. The first-order valence-electron chi connectivity index (χ1n) is 4.76. The SMILES string of the molecule is CS(=O)(=O)CCNc1cc(Cl)c(Cl)cc1[N+](=O)[O-]. The van der Waals surface area contributed by atoms with Crippen molar-refractivity contribution in [2.75, 3.05) is 23.9 Å². The van der Waals surface area contributed by atoms with E-state index in [2.05, 4.69) is 5.32 Å². The number of sulfone groups is 1. The van der Waals surface area contributed by atoms with Crippen molar-refractivity contribution in [1.82, 2.24) is 0 Å². The number of halogens is 2. The Morgan fingerprint density at radius 3 is 2.39 bits per heavy atom. The molecule has 0 saturated heterocycles. The van der Waals surface area contributed by atoms with E-state index in [9.17, 15) is 18.5 Å². The molecule has 0 bridgehead atoms. The molecule has 6 nitrogen and oxygen atoms in total. The molecule has 1 N–H and O–H groups in total. The van der Waals surface area contributed by atoms with Crippen LogP contribution in [0.3, 0.4) is 0 Å². The predicted octanol–water partition coefficient (Wildman–Crippen LogP) is 2.36. The molecule has 100 valence electrons. The van der Waals surface area contributed by atoms with Crippen LogP contribution in [-0.4, -0.2) is 31.9 Å². The Kier molecular flexibility index (Phi) is 4.78. The molecule has 0 aliphatic rings. The van der Waals surface area contributed by atoms with Crippen molar-refractivity contribution >= 4 is 44.4 Å². The van der Waals surface area contributed by atoms with Gasteiger partial charge in [0, 0.05) is 18.9 Å². The first-order chi connectivity index (χ1) is 8.20. The van der Waals surface area contributed by atoms with Crippen LogP contribution >= 0.6 is 23.2 Å². The molecule has 9 heteroatoms. The molecule has 0 aliphatic carbocycles. The minimum Gasteiger partial charge on any atom is -0.378 e. The topological polar surface area (TPSA) is 89.3 Å².